The first kappa shape index (κ1) is 21.4. The molecule has 1 aromatic rings. The fraction of sp³-hybridized carbons (Fsp3) is 0.450. The number of benzene rings is 1. The maximum Gasteiger partial charge on any atom is 0.508 e. The molecule has 0 spiro atoms. The van der Waals surface area contributed by atoms with Crippen molar-refractivity contribution in [2.24, 2.45) is 0 Å². The summed E-state index contributed by atoms with van der Waals surface area (Å²) < 4.78 is 25.7. The van der Waals surface area contributed by atoms with Crippen LogP contribution in [0.25, 0.3) is 0 Å². The number of hydrogen-bond acceptors (Lipinski definition) is 8. The lowest BCUT2D eigenvalue weighted by molar-refractivity contribution is -0.0995. The van der Waals surface area contributed by atoms with Crippen molar-refractivity contribution >= 4 is 18.1 Å². The minimum absolute atomic E-state index is 0.0322. The van der Waals surface area contributed by atoms with Crippen LogP contribution >= 0.6 is 0 Å². The summed E-state index contributed by atoms with van der Waals surface area (Å²) in [5.74, 6) is -0.0322. The quantitative estimate of drug-likeness (QED) is 0.394. The van der Waals surface area contributed by atoms with Crippen LogP contribution in [-0.2, 0) is 23.7 Å². The highest BCUT2D eigenvalue weighted by Crippen LogP contribution is 2.28. The second-order valence-corrected chi connectivity index (χ2v) is 5.92. The van der Waals surface area contributed by atoms with Crippen LogP contribution in [0.2, 0.25) is 0 Å². The first-order valence-electron chi connectivity index (χ1n) is 9.02. The lowest BCUT2D eigenvalue weighted by atomic mass is 10.0. The molecule has 1 aromatic carbocycles. The third-order valence-electron chi connectivity index (χ3n) is 3.93. The van der Waals surface area contributed by atoms with Gasteiger partial charge in [0.1, 0.15) is 18.8 Å². The van der Waals surface area contributed by atoms with Crippen molar-refractivity contribution in [2.75, 3.05) is 19.8 Å². The summed E-state index contributed by atoms with van der Waals surface area (Å²) in [5, 5.41) is 0. The molecular formula is C20H24O8. The molecule has 1 aliphatic rings. The van der Waals surface area contributed by atoms with E-state index in [4.69, 9.17) is 23.7 Å². The average molecular weight is 392 g/mol. The second-order valence-electron chi connectivity index (χ2n) is 5.92. The smallest absolute Gasteiger partial charge is 0.435 e. The first-order chi connectivity index (χ1) is 13.4. The number of ketones is 1. The van der Waals surface area contributed by atoms with Gasteiger partial charge in [0, 0.05) is 5.56 Å². The van der Waals surface area contributed by atoms with Crippen molar-refractivity contribution in [1.82, 2.24) is 0 Å². The van der Waals surface area contributed by atoms with E-state index in [1.807, 2.05) is 0 Å². The molecule has 8 heteroatoms. The van der Waals surface area contributed by atoms with Gasteiger partial charge in [0.25, 0.3) is 0 Å². The monoisotopic (exact) mass is 392 g/mol. The van der Waals surface area contributed by atoms with Crippen LogP contribution in [0.15, 0.2) is 36.4 Å². The van der Waals surface area contributed by atoms with Crippen molar-refractivity contribution in [2.45, 2.75) is 39.1 Å². The van der Waals surface area contributed by atoms with Crippen LogP contribution in [0.3, 0.4) is 0 Å². The molecule has 1 aliphatic heterocycles. The Morgan fingerprint density at radius 2 is 1.57 bits per heavy atom. The van der Waals surface area contributed by atoms with Gasteiger partial charge in [0.15, 0.2) is 11.9 Å². The van der Waals surface area contributed by atoms with Crippen LogP contribution in [0.4, 0.5) is 9.59 Å². The van der Waals surface area contributed by atoms with Gasteiger partial charge < -0.3 is 23.7 Å². The summed E-state index contributed by atoms with van der Waals surface area (Å²) in [6.45, 7) is 5.00. The Balaban J connectivity index is 2.12. The first-order valence-corrected chi connectivity index (χ1v) is 9.02. The molecule has 2 rings (SSSR count). The highest BCUT2D eigenvalue weighted by molar-refractivity contribution is 5.94. The van der Waals surface area contributed by atoms with E-state index in [9.17, 15) is 14.4 Å². The van der Waals surface area contributed by atoms with Crippen LogP contribution < -0.4 is 0 Å². The lowest BCUT2D eigenvalue weighted by Crippen LogP contribution is -2.40. The van der Waals surface area contributed by atoms with Crippen LogP contribution in [0.1, 0.15) is 42.8 Å². The molecule has 0 N–H and O–H groups in total. The van der Waals surface area contributed by atoms with Gasteiger partial charge in [-0.3, -0.25) is 4.79 Å². The summed E-state index contributed by atoms with van der Waals surface area (Å²) >= 11 is 0. The zero-order valence-corrected chi connectivity index (χ0v) is 16.1. The van der Waals surface area contributed by atoms with Crippen molar-refractivity contribution in [3.8, 4) is 0 Å². The summed E-state index contributed by atoms with van der Waals surface area (Å²) in [6.07, 6.45) is -0.295. The van der Waals surface area contributed by atoms with E-state index in [1.54, 1.807) is 50.3 Å². The van der Waals surface area contributed by atoms with Crippen molar-refractivity contribution in [3.05, 3.63) is 47.5 Å². The number of Topliss-reactive ketones (excluding diaryl/α,β-unsaturated/α-hetero) is 1. The molecule has 28 heavy (non-hydrogen) atoms. The molecule has 0 saturated heterocycles. The second kappa shape index (κ2) is 10.5. The van der Waals surface area contributed by atoms with Gasteiger partial charge in [-0.15, -0.1) is 0 Å². The Morgan fingerprint density at radius 1 is 0.929 bits per heavy atom. The van der Waals surface area contributed by atoms with Gasteiger partial charge in [-0.05, 0) is 32.4 Å². The summed E-state index contributed by atoms with van der Waals surface area (Å²) in [6, 6.07) is 6.98. The minimum atomic E-state index is -0.842. The highest BCUT2D eigenvalue weighted by atomic mass is 16.7. The molecule has 3 atom stereocenters. The fourth-order valence-corrected chi connectivity index (χ4v) is 2.56. The number of rotatable bonds is 7. The Kier molecular flexibility index (Phi) is 8.01. The molecule has 0 fully saturated rings. The van der Waals surface area contributed by atoms with Crippen molar-refractivity contribution in [3.63, 3.8) is 0 Å². The Hall–Kier alpha value is -2.87. The zero-order chi connectivity index (χ0) is 20.5. The molecule has 0 unspecified atom stereocenters. The van der Waals surface area contributed by atoms with E-state index in [1.165, 1.54) is 6.92 Å². The third kappa shape index (κ3) is 6.09. The van der Waals surface area contributed by atoms with Crippen LogP contribution in [-0.4, -0.2) is 50.1 Å². The topological polar surface area (TPSA) is 97.4 Å². The standard InChI is InChI=1S/C20H24O8/c1-4-24-19(22)26-12-18-17(28-20(23)25-5-2)11-10-16(27-18)15-8-6-14(7-9-15)13(3)21/h6-11,16-18H,4-5,12H2,1-3H3/t16-,17+,18-/m0/s1. The third-order valence-corrected chi connectivity index (χ3v) is 3.93. The van der Waals surface area contributed by atoms with Gasteiger partial charge >= 0.3 is 12.3 Å². The molecular weight excluding hydrogens is 368 g/mol. The molecule has 0 amide bonds. The Labute approximate surface area is 163 Å². The van der Waals surface area contributed by atoms with Gasteiger partial charge in [-0.1, -0.05) is 30.3 Å². The molecule has 8 nitrogen and oxygen atoms in total. The fourth-order valence-electron chi connectivity index (χ4n) is 2.56. The van der Waals surface area contributed by atoms with E-state index < -0.39 is 30.6 Å². The number of carbonyl (C=O) groups excluding carboxylic acids is 3. The molecule has 0 aliphatic carbocycles. The van der Waals surface area contributed by atoms with Crippen LogP contribution in [0, 0.1) is 0 Å². The van der Waals surface area contributed by atoms with Crippen molar-refractivity contribution < 1.29 is 38.1 Å². The van der Waals surface area contributed by atoms with E-state index in [-0.39, 0.29) is 25.6 Å². The molecule has 0 aromatic heterocycles. The normalized spacial score (nSPS) is 20.9. The summed E-state index contributed by atoms with van der Waals surface area (Å²) in [5.41, 5.74) is 1.39. The number of hydrogen-bond donors (Lipinski definition) is 0. The minimum Gasteiger partial charge on any atom is -0.435 e. The van der Waals surface area contributed by atoms with Gasteiger partial charge in [-0.2, -0.15) is 0 Å². The predicted molar refractivity (Wildman–Crippen MR) is 98.1 cm³/mol. The lowest BCUT2D eigenvalue weighted by Gasteiger charge is -2.31. The zero-order valence-electron chi connectivity index (χ0n) is 16.1. The predicted octanol–water partition coefficient (Wildman–Crippen LogP) is 3.60. The Bertz CT molecular complexity index is 709. The largest absolute Gasteiger partial charge is 0.508 e. The van der Waals surface area contributed by atoms with Crippen LogP contribution in [0.5, 0.6) is 0 Å². The molecule has 0 bridgehead atoms. The van der Waals surface area contributed by atoms with Crippen molar-refractivity contribution in [1.29, 1.82) is 0 Å². The maximum atomic E-state index is 11.7. The van der Waals surface area contributed by atoms with E-state index in [0.717, 1.165) is 5.56 Å². The SMILES string of the molecule is CCOC(=O)OC[C@@H]1O[C@H](c2ccc(C(C)=O)cc2)C=C[C@H]1OC(=O)OCC. The van der Waals surface area contributed by atoms with E-state index in [0.29, 0.717) is 5.56 Å². The summed E-state index contributed by atoms with van der Waals surface area (Å²) in [7, 11) is 0. The average Bonchev–Trinajstić information content (AvgIpc) is 2.67. The molecule has 1 heterocycles. The van der Waals surface area contributed by atoms with Gasteiger partial charge in [0.05, 0.1) is 13.2 Å². The van der Waals surface area contributed by atoms with E-state index >= 15 is 0 Å². The maximum absolute atomic E-state index is 11.7. The number of ether oxygens (including phenoxy) is 5. The van der Waals surface area contributed by atoms with Gasteiger partial charge in [0.2, 0.25) is 0 Å². The van der Waals surface area contributed by atoms with E-state index in [2.05, 4.69) is 0 Å². The number of carbonyl (C=O) groups is 3. The highest BCUT2D eigenvalue weighted by Gasteiger charge is 2.32. The molecule has 0 radical (unpaired) electrons. The molecule has 152 valence electrons. The van der Waals surface area contributed by atoms with Gasteiger partial charge in [-0.25, -0.2) is 9.59 Å². The summed E-state index contributed by atoms with van der Waals surface area (Å²) in [4.78, 5) is 34.6. The molecule has 0 saturated carbocycles. The Morgan fingerprint density at radius 3 is 2.18 bits per heavy atom.